The summed E-state index contributed by atoms with van der Waals surface area (Å²) in [6.07, 6.45) is 13.5. The van der Waals surface area contributed by atoms with Gasteiger partial charge in [-0.15, -0.1) is 0 Å². The van der Waals surface area contributed by atoms with Crippen molar-refractivity contribution in [1.82, 2.24) is 0 Å². The highest BCUT2D eigenvalue weighted by Gasteiger charge is 2.62. The summed E-state index contributed by atoms with van der Waals surface area (Å²) < 4.78 is 5.09. The highest BCUT2D eigenvalue weighted by Crippen LogP contribution is 2.66. The Morgan fingerprint density at radius 1 is 1.21 bits per heavy atom. The van der Waals surface area contributed by atoms with Gasteiger partial charge in [-0.05, 0) is 85.2 Å². The normalized spacial score (nSPS) is 44.4. The highest BCUT2D eigenvalue weighted by atomic mass is 16.5. The molecule has 4 nitrogen and oxygen atoms in total. The third-order valence-electron chi connectivity index (χ3n) is 8.88. The van der Waals surface area contributed by atoms with Crippen LogP contribution in [0.5, 0.6) is 0 Å². The number of carbonyl (C=O) groups is 2. The largest absolute Gasteiger partial charge is 0.466 e. The van der Waals surface area contributed by atoms with Crippen molar-refractivity contribution in [2.75, 3.05) is 6.61 Å². The van der Waals surface area contributed by atoms with Crippen LogP contribution in [0.1, 0.15) is 72.1 Å². The maximum atomic E-state index is 11.9. The maximum absolute atomic E-state index is 11.9. The molecule has 28 heavy (non-hydrogen) atoms. The molecule has 4 aliphatic carbocycles. The number of aliphatic hydroxyl groups is 1. The monoisotopic (exact) mass is 386 g/mol. The molecule has 2 fully saturated rings. The summed E-state index contributed by atoms with van der Waals surface area (Å²) in [5.41, 5.74) is 0.570. The van der Waals surface area contributed by atoms with Crippen LogP contribution in [0.4, 0.5) is 0 Å². The Balaban J connectivity index is 1.55. The first kappa shape index (κ1) is 19.9. The van der Waals surface area contributed by atoms with Crippen molar-refractivity contribution in [2.24, 2.45) is 28.6 Å². The van der Waals surface area contributed by atoms with Gasteiger partial charge < -0.3 is 9.84 Å². The third kappa shape index (κ3) is 2.91. The molecule has 0 bridgehead atoms. The Kier molecular flexibility index (Phi) is 4.85. The lowest BCUT2D eigenvalue weighted by atomic mass is 9.48. The molecule has 4 aliphatic rings. The Morgan fingerprint density at radius 2 is 1.96 bits per heavy atom. The smallest absolute Gasteiger partial charge is 0.302 e. The van der Waals surface area contributed by atoms with E-state index in [9.17, 15) is 14.7 Å². The van der Waals surface area contributed by atoms with E-state index in [1.54, 1.807) is 0 Å². The first-order valence-corrected chi connectivity index (χ1v) is 11.0. The number of fused-ring (bicyclic) bond motifs is 5. The van der Waals surface area contributed by atoms with Gasteiger partial charge in [0.1, 0.15) is 0 Å². The van der Waals surface area contributed by atoms with Gasteiger partial charge in [-0.2, -0.15) is 0 Å². The number of esters is 1. The number of carbonyl (C=O) groups excluding carboxylic acids is 2. The summed E-state index contributed by atoms with van der Waals surface area (Å²) in [6, 6.07) is 0. The highest BCUT2D eigenvalue weighted by molar-refractivity contribution is 5.92. The van der Waals surface area contributed by atoms with E-state index in [2.05, 4.69) is 26.0 Å². The fourth-order valence-corrected chi connectivity index (χ4v) is 7.10. The Bertz CT molecular complexity index is 737. The molecule has 0 heterocycles. The van der Waals surface area contributed by atoms with Crippen molar-refractivity contribution in [3.8, 4) is 0 Å². The lowest BCUT2D eigenvalue weighted by molar-refractivity contribution is -0.143. The van der Waals surface area contributed by atoms with Crippen molar-refractivity contribution in [3.63, 3.8) is 0 Å². The van der Waals surface area contributed by atoms with E-state index >= 15 is 0 Å². The van der Waals surface area contributed by atoms with Crippen LogP contribution in [0.15, 0.2) is 23.8 Å². The predicted octanol–water partition coefficient (Wildman–Crippen LogP) is 4.37. The zero-order valence-corrected chi connectivity index (χ0v) is 17.5. The molecule has 0 aliphatic heterocycles. The number of ketones is 1. The second kappa shape index (κ2) is 6.83. The van der Waals surface area contributed by atoms with E-state index in [0.29, 0.717) is 37.2 Å². The molecule has 154 valence electrons. The van der Waals surface area contributed by atoms with Gasteiger partial charge in [0, 0.05) is 13.3 Å². The van der Waals surface area contributed by atoms with Crippen LogP contribution in [0.25, 0.3) is 0 Å². The number of hydrogen-bond donors (Lipinski definition) is 1. The molecule has 6 atom stereocenters. The molecule has 4 rings (SSSR count). The summed E-state index contributed by atoms with van der Waals surface area (Å²) in [4.78, 5) is 22.9. The quantitative estimate of drug-likeness (QED) is 0.576. The minimum Gasteiger partial charge on any atom is -0.466 e. The number of allylic oxidation sites excluding steroid dienone is 4. The van der Waals surface area contributed by atoms with E-state index in [0.717, 1.165) is 38.5 Å². The molecule has 1 N–H and O–H groups in total. The Hall–Kier alpha value is -1.42. The second-order valence-corrected chi connectivity index (χ2v) is 10.1. The van der Waals surface area contributed by atoms with Crippen molar-refractivity contribution in [1.29, 1.82) is 0 Å². The average molecular weight is 387 g/mol. The van der Waals surface area contributed by atoms with Gasteiger partial charge in [0.2, 0.25) is 0 Å². The standard InChI is InChI=1S/C24H34O4/c1-16(25)28-14-4-10-24(27)13-9-21-19-6-5-17-15-18(26)7-11-22(17,2)20(19)8-12-23(21,24)3/h5-6,15,19-21,27H,4,7-14H2,1-3H3/t19-,20+,21+,22+,23+,24+/m1/s1. The van der Waals surface area contributed by atoms with Crippen molar-refractivity contribution >= 4 is 11.8 Å². The van der Waals surface area contributed by atoms with Gasteiger partial charge in [-0.1, -0.05) is 26.0 Å². The van der Waals surface area contributed by atoms with Crippen LogP contribution in [0, 0.1) is 28.6 Å². The Morgan fingerprint density at radius 3 is 2.71 bits per heavy atom. The first-order chi connectivity index (χ1) is 13.2. The van der Waals surface area contributed by atoms with Crippen LogP contribution in [-0.2, 0) is 14.3 Å². The van der Waals surface area contributed by atoms with E-state index in [4.69, 9.17) is 4.74 Å². The van der Waals surface area contributed by atoms with Gasteiger partial charge in [0.05, 0.1) is 12.2 Å². The predicted molar refractivity (Wildman–Crippen MR) is 107 cm³/mol. The minimum absolute atomic E-state index is 0.0865. The molecule has 4 heteroatoms. The fourth-order valence-electron chi connectivity index (χ4n) is 7.10. The summed E-state index contributed by atoms with van der Waals surface area (Å²) in [7, 11) is 0. The molecule has 0 amide bonds. The van der Waals surface area contributed by atoms with Gasteiger partial charge in [0.15, 0.2) is 5.78 Å². The molecule has 0 aromatic rings. The third-order valence-corrected chi connectivity index (χ3v) is 8.88. The molecule has 0 aromatic carbocycles. The summed E-state index contributed by atoms with van der Waals surface area (Å²) in [5, 5.41) is 11.6. The first-order valence-electron chi connectivity index (χ1n) is 11.0. The van der Waals surface area contributed by atoms with Gasteiger partial charge in [0.25, 0.3) is 0 Å². The number of hydrogen-bond acceptors (Lipinski definition) is 4. The number of ether oxygens (including phenoxy) is 1. The average Bonchev–Trinajstić information content (AvgIpc) is 2.91. The van der Waals surface area contributed by atoms with Crippen LogP contribution in [0.2, 0.25) is 0 Å². The fraction of sp³-hybridized carbons (Fsp3) is 0.750. The van der Waals surface area contributed by atoms with E-state index in [-0.39, 0.29) is 22.6 Å². The van der Waals surface area contributed by atoms with Crippen LogP contribution in [0.3, 0.4) is 0 Å². The molecular weight excluding hydrogens is 352 g/mol. The molecule has 0 radical (unpaired) electrons. The molecule has 0 spiro atoms. The van der Waals surface area contributed by atoms with Crippen LogP contribution >= 0.6 is 0 Å². The molecule has 2 saturated carbocycles. The number of rotatable bonds is 4. The second-order valence-electron chi connectivity index (χ2n) is 10.1. The molecular formula is C24H34O4. The van der Waals surface area contributed by atoms with Crippen molar-refractivity contribution in [2.45, 2.75) is 77.7 Å². The van der Waals surface area contributed by atoms with E-state index in [1.807, 2.05) is 6.08 Å². The zero-order valence-electron chi connectivity index (χ0n) is 17.5. The zero-order chi connectivity index (χ0) is 20.2. The maximum Gasteiger partial charge on any atom is 0.302 e. The van der Waals surface area contributed by atoms with Gasteiger partial charge in [-0.3, -0.25) is 9.59 Å². The van der Waals surface area contributed by atoms with Gasteiger partial charge >= 0.3 is 5.97 Å². The SMILES string of the molecule is CC(=O)OCCC[C@]1(O)CC[C@H]2[C@@H]3C=CC4=CC(=O)CC[C@]4(C)[C@H]3CC[C@@]21C. The minimum atomic E-state index is -0.670. The molecule has 0 saturated heterocycles. The Labute approximate surface area is 168 Å². The van der Waals surface area contributed by atoms with E-state index in [1.165, 1.54) is 12.5 Å². The van der Waals surface area contributed by atoms with Crippen LogP contribution in [-0.4, -0.2) is 29.1 Å². The summed E-state index contributed by atoms with van der Waals surface area (Å²) >= 11 is 0. The lowest BCUT2D eigenvalue weighted by Crippen LogP contribution is -2.53. The van der Waals surface area contributed by atoms with Crippen molar-refractivity contribution in [3.05, 3.63) is 23.8 Å². The van der Waals surface area contributed by atoms with Crippen LogP contribution < -0.4 is 0 Å². The topological polar surface area (TPSA) is 63.6 Å². The lowest BCUT2D eigenvalue weighted by Gasteiger charge is -2.57. The molecule has 0 unspecified atom stereocenters. The molecule has 0 aromatic heterocycles. The van der Waals surface area contributed by atoms with E-state index < -0.39 is 5.60 Å². The van der Waals surface area contributed by atoms with Crippen molar-refractivity contribution < 1.29 is 19.4 Å². The summed E-state index contributed by atoms with van der Waals surface area (Å²) in [6.45, 7) is 6.47. The summed E-state index contributed by atoms with van der Waals surface area (Å²) in [5.74, 6) is 1.55. The van der Waals surface area contributed by atoms with Gasteiger partial charge in [-0.25, -0.2) is 0 Å².